The molecule has 1 saturated carbocycles. The van der Waals surface area contributed by atoms with E-state index in [0.717, 1.165) is 24.0 Å². The lowest BCUT2D eigenvalue weighted by Crippen LogP contribution is -2.52. The predicted octanol–water partition coefficient (Wildman–Crippen LogP) is 2.31. The van der Waals surface area contributed by atoms with Crippen LogP contribution < -0.4 is 5.32 Å². The van der Waals surface area contributed by atoms with Crippen molar-refractivity contribution < 1.29 is 14.4 Å². The van der Waals surface area contributed by atoms with Gasteiger partial charge in [-0.3, -0.25) is 14.4 Å². The van der Waals surface area contributed by atoms with Gasteiger partial charge in [-0.25, -0.2) is 4.68 Å². The quantitative estimate of drug-likeness (QED) is 0.544. The van der Waals surface area contributed by atoms with Crippen LogP contribution in [-0.4, -0.2) is 68.2 Å². The fraction of sp³-hybridized carbons (Fsp3) is 0.357. The first kappa shape index (κ1) is 23.9. The number of para-hydroxylation sites is 1. The molecule has 3 heterocycles. The highest BCUT2D eigenvalue weighted by Crippen LogP contribution is 2.46. The maximum Gasteiger partial charge on any atom is 0.276 e. The van der Waals surface area contributed by atoms with Crippen LogP contribution >= 0.6 is 0 Å². The third kappa shape index (κ3) is 3.91. The van der Waals surface area contributed by atoms with Crippen LogP contribution in [0.2, 0.25) is 0 Å². The number of amides is 3. The summed E-state index contributed by atoms with van der Waals surface area (Å²) < 4.78 is 1.70. The Labute approximate surface area is 219 Å². The molecule has 1 aliphatic carbocycles. The first-order valence-electron chi connectivity index (χ1n) is 12.8. The van der Waals surface area contributed by atoms with Gasteiger partial charge in [-0.15, -0.1) is 5.10 Å². The second kappa shape index (κ2) is 9.10. The van der Waals surface area contributed by atoms with Crippen molar-refractivity contribution in [2.75, 3.05) is 18.9 Å². The molecule has 2 aliphatic heterocycles. The van der Waals surface area contributed by atoms with Crippen LogP contribution in [0, 0.1) is 11.3 Å². The summed E-state index contributed by atoms with van der Waals surface area (Å²) in [6.07, 6.45) is 4.09. The van der Waals surface area contributed by atoms with Crippen LogP contribution in [0.3, 0.4) is 0 Å². The van der Waals surface area contributed by atoms with Gasteiger partial charge in [-0.1, -0.05) is 53.7 Å². The zero-order valence-electron chi connectivity index (χ0n) is 20.9. The number of aromatic nitrogens is 3. The lowest BCUT2D eigenvalue weighted by molar-refractivity contribution is -0.136. The van der Waals surface area contributed by atoms with E-state index in [-0.39, 0.29) is 42.9 Å². The number of hydrogen-bond acceptors (Lipinski definition) is 6. The summed E-state index contributed by atoms with van der Waals surface area (Å²) in [5.41, 5.74) is 1.54. The van der Waals surface area contributed by atoms with Gasteiger partial charge in [0.15, 0.2) is 5.69 Å². The summed E-state index contributed by atoms with van der Waals surface area (Å²) in [7, 11) is 1.58. The number of nitrogens with one attached hydrogen (secondary N) is 1. The minimum absolute atomic E-state index is 0.0675. The Balaban J connectivity index is 1.32. The second-order valence-electron chi connectivity index (χ2n) is 10.3. The number of likely N-dealkylation sites (tertiary alicyclic amines) is 1. The van der Waals surface area contributed by atoms with E-state index in [1.807, 2.05) is 54.6 Å². The van der Waals surface area contributed by atoms with E-state index in [2.05, 4.69) is 21.7 Å². The van der Waals surface area contributed by atoms with Gasteiger partial charge in [0, 0.05) is 32.1 Å². The number of carbonyl (C=O) groups is 3. The molecule has 0 unspecified atom stereocenters. The Morgan fingerprint density at radius 1 is 1.18 bits per heavy atom. The van der Waals surface area contributed by atoms with Gasteiger partial charge in [0.2, 0.25) is 11.8 Å². The molecule has 3 atom stereocenters. The lowest BCUT2D eigenvalue weighted by Gasteiger charge is -2.32. The number of likely N-dealkylation sites (N-methyl/N-ethyl adjacent to an activating group) is 1. The van der Waals surface area contributed by atoms with Crippen molar-refractivity contribution in [3.8, 4) is 6.07 Å². The van der Waals surface area contributed by atoms with Gasteiger partial charge >= 0.3 is 0 Å². The third-order valence-corrected chi connectivity index (χ3v) is 7.91. The maximum atomic E-state index is 14.2. The minimum Gasteiger partial charge on any atom is -0.328 e. The van der Waals surface area contributed by atoms with E-state index >= 15 is 0 Å². The predicted molar refractivity (Wildman–Crippen MR) is 137 cm³/mol. The molecule has 10 heteroatoms. The van der Waals surface area contributed by atoms with Gasteiger partial charge in [0.05, 0.1) is 23.7 Å². The summed E-state index contributed by atoms with van der Waals surface area (Å²) >= 11 is 0. The van der Waals surface area contributed by atoms with Crippen molar-refractivity contribution in [2.45, 2.75) is 49.2 Å². The molecule has 2 fully saturated rings. The standard InChI is InChI=1S/C28H27N7O3/c1-33(25(36)23-16-35(32-31-23)19-11-12-19)24(13-18-7-3-2-4-8-18)26(37)34-17-28(14-20(34)15-29)21-9-5-6-10-22(21)30-27(28)38/h2-10,16,19-20,24H,11-14,17H2,1H3,(H,30,38)/t20-,24-,28-/m0/s1. The fourth-order valence-corrected chi connectivity index (χ4v) is 5.62. The van der Waals surface area contributed by atoms with Crippen LogP contribution in [0.4, 0.5) is 5.69 Å². The van der Waals surface area contributed by atoms with E-state index in [1.54, 1.807) is 17.9 Å². The molecule has 0 bridgehead atoms. The monoisotopic (exact) mass is 509 g/mol. The highest BCUT2D eigenvalue weighted by atomic mass is 16.2. The minimum atomic E-state index is -1.00. The van der Waals surface area contributed by atoms with Gasteiger partial charge in [0.25, 0.3) is 5.91 Å². The summed E-state index contributed by atoms with van der Waals surface area (Å²) in [5, 5.41) is 21.1. The Bertz CT molecular complexity index is 1460. The molecule has 3 amide bonds. The Hall–Kier alpha value is -4.52. The molecule has 10 nitrogen and oxygen atoms in total. The molecular formula is C28H27N7O3. The number of anilines is 1. The molecule has 1 N–H and O–H groups in total. The Morgan fingerprint density at radius 2 is 1.92 bits per heavy atom. The van der Waals surface area contributed by atoms with Gasteiger partial charge < -0.3 is 15.1 Å². The molecule has 2 aromatic carbocycles. The van der Waals surface area contributed by atoms with E-state index in [4.69, 9.17) is 0 Å². The molecule has 192 valence electrons. The van der Waals surface area contributed by atoms with E-state index in [1.165, 1.54) is 9.80 Å². The molecule has 3 aromatic rings. The van der Waals surface area contributed by atoms with Crippen molar-refractivity contribution in [3.63, 3.8) is 0 Å². The van der Waals surface area contributed by atoms with E-state index in [9.17, 15) is 19.6 Å². The molecule has 6 rings (SSSR count). The number of hydrogen-bond donors (Lipinski definition) is 1. The normalized spacial score (nSPS) is 22.6. The third-order valence-electron chi connectivity index (χ3n) is 7.91. The highest BCUT2D eigenvalue weighted by molar-refractivity contribution is 6.07. The smallest absolute Gasteiger partial charge is 0.276 e. The molecule has 0 radical (unpaired) electrons. The number of nitrogens with zero attached hydrogens (tertiary/aromatic N) is 6. The molecule has 3 aliphatic rings. The summed E-state index contributed by atoms with van der Waals surface area (Å²) in [6, 6.07) is 17.6. The van der Waals surface area contributed by atoms with Crippen molar-refractivity contribution in [3.05, 3.63) is 77.6 Å². The van der Waals surface area contributed by atoms with Crippen molar-refractivity contribution in [2.24, 2.45) is 0 Å². The lowest BCUT2D eigenvalue weighted by atomic mass is 9.80. The molecule has 1 spiro atoms. The molecule has 1 saturated heterocycles. The summed E-state index contributed by atoms with van der Waals surface area (Å²) in [6.45, 7) is 0.0675. The molecular weight excluding hydrogens is 482 g/mol. The average molecular weight is 510 g/mol. The zero-order chi connectivity index (χ0) is 26.4. The van der Waals surface area contributed by atoms with Crippen molar-refractivity contribution in [1.29, 1.82) is 5.26 Å². The van der Waals surface area contributed by atoms with Crippen LogP contribution in [-0.2, 0) is 21.4 Å². The molecule has 38 heavy (non-hydrogen) atoms. The topological polar surface area (TPSA) is 124 Å². The SMILES string of the molecule is CN(C(=O)c1cn(C2CC2)nn1)[C@@H](Cc1ccccc1)C(=O)N1C[C@]2(C[C@H]1C#N)C(=O)Nc1ccccc12. The fourth-order valence-electron chi connectivity index (χ4n) is 5.62. The van der Waals surface area contributed by atoms with E-state index in [0.29, 0.717) is 5.69 Å². The number of benzene rings is 2. The number of rotatable bonds is 6. The highest BCUT2D eigenvalue weighted by Gasteiger charge is 2.56. The van der Waals surface area contributed by atoms with Crippen molar-refractivity contribution >= 4 is 23.4 Å². The van der Waals surface area contributed by atoms with Crippen LogP contribution in [0.5, 0.6) is 0 Å². The van der Waals surface area contributed by atoms with Crippen LogP contribution in [0.15, 0.2) is 60.8 Å². The van der Waals surface area contributed by atoms with Crippen molar-refractivity contribution in [1.82, 2.24) is 24.8 Å². The maximum absolute atomic E-state index is 14.2. The second-order valence-corrected chi connectivity index (χ2v) is 10.3. The van der Waals surface area contributed by atoms with Crippen LogP contribution in [0.1, 0.15) is 46.9 Å². The summed E-state index contributed by atoms with van der Waals surface area (Å²) in [4.78, 5) is 43.7. The largest absolute Gasteiger partial charge is 0.328 e. The zero-order valence-corrected chi connectivity index (χ0v) is 20.9. The number of nitriles is 1. The Kier molecular flexibility index (Phi) is 5.71. The van der Waals surface area contributed by atoms with E-state index < -0.39 is 23.4 Å². The average Bonchev–Trinajstić information content (AvgIpc) is 3.43. The molecule has 1 aromatic heterocycles. The van der Waals surface area contributed by atoms with Gasteiger partial charge in [0.1, 0.15) is 12.1 Å². The first-order valence-corrected chi connectivity index (χ1v) is 12.8. The number of carbonyl (C=O) groups excluding carboxylic acids is 3. The van der Waals surface area contributed by atoms with Gasteiger partial charge in [-0.05, 0) is 30.0 Å². The van der Waals surface area contributed by atoms with Gasteiger partial charge in [-0.2, -0.15) is 5.26 Å². The van der Waals surface area contributed by atoms with Crippen LogP contribution in [0.25, 0.3) is 0 Å². The first-order chi connectivity index (χ1) is 18.4. The number of fused-ring (bicyclic) bond motifs is 2. The Morgan fingerprint density at radius 3 is 2.66 bits per heavy atom. The summed E-state index contributed by atoms with van der Waals surface area (Å²) in [5.74, 6) is -1.01.